The van der Waals surface area contributed by atoms with E-state index in [4.69, 9.17) is 4.43 Å². The zero-order chi connectivity index (χ0) is 16.4. The van der Waals surface area contributed by atoms with Crippen molar-refractivity contribution in [2.75, 3.05) is 0 Å². The number of hydrogen-bond donors (Lipinski definition) is 1. The van der Waals surface area contributed by atoms with E-state index < -0.39 is 14.4 Å². The van der Waals surface area contributed by atoms with Crippen LogP contribution in [0.5, 0.6) is 0 Å². The van der Waals surface area contributed by atoms with Gasteiger partial charge in [-0.1, -0.05) is 39.2 Å². The first-order chi connectivity index (χ1) is 9.47. The van der Waals surface area contributed by atoms with Crippen LogP contribution >= 0.6 is 0 Å². The molecule has 0 spiro atoms. The first kappa shape index (κ1) is 17.8. The standard InChI is InChI=1S/C16H27NO3Si/c1-12(2)14-13(9-8-10-17(14)15(18)19)11-20-21(6,7)16(3,4)5/h8-10,12H,11H2,1-7H3/p+1. The van der Waals surface area contributed by atoms with E-state index in [1.807, 2.05) is 19.9 Å². The van der Waals surface area contributed by atoms with Crippen LogP contribution in [0.15, 0.2) is 18.3 Å². The smallest absolute Gasteiger partial charge is 0.427 e. The van der Waals surface area contributed by atoms with Gasteiger partial charge in [-0.2, -0.15) is 4.79 Å². The summed E-state index contributed by atoms with van der Waals surface area (Å²) in [5, 5.41) is 9.47. The molecule has 0 radical (unpaired) electrons. The maximum absolute atomic E-state index is 11.4. The second-order valence-corrected chi connectivity index (χ2v) is 12.1. The third-order valence-corrected chi connectivity index (χ3v) is 8.75. The number of rotatable bonds is 4. The van der Waals surface area contributed by atoms with Crippen LogP contribution in [0, 0.1) is 0 Å². The molecule has 21 heavy (non-hydrogen) atoms. The summed E-state index contributed by atoms with van der Waals surface area (Å²) in [6, 6.07) is 3.73. The Morgan fingerprint density at radius 1 is 1.38 bits per heavy atom. The number of nitrogens with zero attached hydrogens (tertiary/aromatic N) is 1. The minimum atomic E-state index is -1.85. The van der Waals surface area contributed by atoms with E-state index in [9.17, 15) is 9.90 Å². The Labute approximate surface area is 128 Å². The molecule has 4 nitrogen and oxygen atoms in total. The van der Waals surface area contributed by atoms with Crippen LogP contribution in [0.1, 0.15) is 51.8 Å². The molecule has 1 rings (SSSR count). The van der Waals surface area contributed by atoms with E-state index in [2.05, 4.69) is 33.9 Å². The zero-order valence-corrected chi connectivity index (χ0v) is 15.2. The summed E-state index contributed by atoms with van der Waals surface area (Å²) in [7, 11) is -1.85. The quantitative estimate of drug-likeness (QED) is 0.671. The molecule has 5 heteroatoms. The van der Waals surface area contributed by atoms with E-state index in [0.717, 1.165) is 11.3 Å². The lowest BCUT2D eigenvalue weighted by molar-refractivity contribution is -0.594. The SMILES string of the molecule is CC(C)c1c(CO[Si](C)(C)C(C)(C)C)ccc[n+]1C(=O)O. The Balaban J connectivity index is 3.10. The third-order valence-electron chi connectivity index (χ3n) is 4.27. The van der Waals surface area contributed by atoms with Gasteiger partial charge < -0.3 is 9.53 Å². The van der Waals surface area contributed by atoms with Crippen molar-refractivity contribution in [3.05, 3.63) is 29.6 Å². The number of carboxylic acid groups (broad SMARTS) is 1. The lowest BCUT2D eigenvalue weighted by Gasteiger charge is -2.36. The van der Waals surface area contributed by atoms with Gasteiger partial charge in [0.2, 0.25) is 5.69 Å². The van der Waals surface area contributed by atoms with Crippen LogP contribution in [-0.4, -0.2) is 19.5 Å². The fraction of sp³-hybridized carbons (Fsp3) is 0.625. The lowest BCUT2D eigenvalue weighted by Crippen LogP contribution is -2.47. The second-order valence-electron chi connectivity index (χ2n) is 7.27. The first-order valence-electron chi connectivity index (χ1n) is 7.38. The van der Waals surface area contributed by atoms with E-state index in [1.54, 1.807) is 12.3 Å². The second kappa shape index (κ2) is 6.28. The topological polar surface area (TPSA) is 50.4 Å². The fourth-order valence-corrected chi connectivity index (χ4v) is 2.93. The van der Waals surface area contributed by atoms with Gasteiger partial charge in [-0.05, 0) is 24.2 Å². The average Bonchev–Trinajstić information content (AvgIpc) is 2.34. The van der Waals surface area contributed by atoms with Gasteiger partial charge in [-0.25, -0.2) is 0 Å². The van der Waals surface area contributed by atoms with E-state index >= 15 is 0 Å². The summed E-state index contributed by atoms with van der Waals surface area (Å²) < 4.78 is 7.54. The zero-order valence-electron chi connectivity index (χ0n) is 14.2. The molecule has 1 aromatic rings. The fourth-order valence-electron chi connectivity index (χ4n) is 1.98. The predicted molar refractivity (Wildman–Crippen MR) is 86.1 cm³/mol. The highest BCUT2D eigenvalue weighted by Gasteiger charge is 2.37. The molecule has 0 saturated heterocycles. The number of pyridine rings is 1. The summed E-state index contributed by atoms with van der Waals surface area (Å²) >= 11 is 0. The first-order valence-corrected chi connectivity index (χ1v) is 10.3. The van der Waals surface area contributed by atoms with Crippen molar-refractivity contribution in [2.45, 2.75) is 65.3 Å². The molecule has 0 unspecified atom stereocenters. The van der Waals surface area contributed by atoms with Crippen molar-refractivity contribution in [1.82, 2.24) is 0 Å². The average molecular weight is 310 g/mol. The molecule has 0 bridgehead atoms. The van der Waals surface area contributed by atoms with Crippen LogP contribution < -0.4 is 4.57 Å². The Morgan fingerprint density at radius 3 is 2.38 bits per heavy atom. The van der Waals surface area contributed by atoms with Crippen molar-refractivity contribution in [1.29, 1.82) is 0 Å². The molecular formula is C16H28NO3Si+. The molecule has 0 aliphatic rings. The van der Waals surface area contributed by atoms with Gasteiger partial charge in [0.15, 0.2) is 14.5 Å². The largest absolute Gasteiger partial charge is 0.599 e. The monoisotopic (exact) mass is 310 g/mol. The predicted octanol–water partition coefficient (Wildman–Crippen LogP) is 4.15. The Kier molecular flexibility index (Phi) is 5.33. The Hall–Kier alpha value is -1.20. The molecule has 0 fully saturated rings. The summed E-state index contributed by atoms with van der Waals surface area (Å²) in [5.41, 5.74) is 1.77. The van der Waals surface area contributed by atoms with Crippen molar-refractivity contribution in [2.24, 2.45) is 0 Å². The molecule has 1 N–H and O–H groups in total. The van der Waals surface area contributed by atoms with Crippen LogP contribution in [0.25, 0.3) is 0 Å². The van der Waals surface area contributed by atoms with Gasteiger partial charge in [-0.15, -0.1) is 0 Å². The molecule has 0 amide bonds. The highest BCUT2D eigenvalue weighted by molar-refractivity contribution is 6.74. The summed E-state index contributed by atoms with van der Waals surface area (Å²) in [5.74, 6) is 0.125. The van der Waals surface area contributed by atoms with Crippen LogP contribution in [-0.2, 0) is 11.0 Å². The third kappa shape index (κ3) is 4.14. The van der Waals surface area contributed by atoms with Crippen LogP contribution in [0.2, 0.25) is 18.1 Å². The van der Waals surface area contributed by atoms with Gasteiger partial charge in [0, 0.05) is 17.5 Å². The number of aromatic nitrogens is 1. The highest BCUT2D eigenvalue weighted by Crippen LogP contribution is 2.37. The van der Waals surface area contributed by atoms with Gasteiger partial charge in [-0.3, -0.25) is 0 Å². The molecule has 0 atom stereocenters. The van der Waals surface area contributed by atoms with Gasteiger partial charge in [0.1, 0.15) is 0 Å². The van der Waals surface area contributed by atoms with Crippen molar-refractivity contribution < 1.29 is 18.9 Å². The summed E-state index contributed by atoms with van der Waals surface area (Å²) in [6.07, 6.45) is 0.640. The molecule has 1 heterocycles. The van der Waals surface area contributed by atoms with E-state index in [-0.39, 0.29) is 11.0 Å². The van der Waals surface area contributed by atoms with E-state index in [1.165, 1.54) is 4.57 Å². The molecule has 118 valence electrons. The summed E-state index contributed by atoms with van der Waals surface area (Å²) in [4.78, 5) is 11.4. The minimum Gasteiger partial charge on any atom is -0.427 e. The molecular weight excluding hydrogens is 282 g/mol. The van der Waals surface area contributed by atoms with Crippen molar-refractivity contribution in [3.8, 4) is 0 Å². The van der Waals surface area contributed by atoms with Crippen LogP contribution in [0.3, 0.4) is 0 Å². The molecule has 0 saturated carbocycles. The lowest BCUT2D eigenvalue weighted by atomic mass is 10.0. The maximum atomic E-state index is 11.4. The Morgan fingerprint density at radius 2 is 1.95 bits per heavy atom. The highest BCUT2D eigenvalue weighted by atomic mass is 28.4. The number of carbonyl (C=O) groups is 1. The minimum absolute atomic E-state index is 0.125. The van der Waals surface area contributed by atoms with Crippen molar-refractivity contribution in [3.63, 3.8) is 0 Å². The number of hydrogen-bond acceptors (Lipinski definition) is 2. The van der Waals surface area contributed by atoms with Crippen LogP contribution in [0.4, 0.5) is 4.79 Å². The summed E-state index contributed by atoms with van der Waals surface area (Å²) in [6.45, 7) is 15.5. The van der Waals surface area contributed by atoms with Gasteiger partial charge in [0.25, 0.3) is 0 Å². The van der Waals surface area contributed by atoms with Crippen molar-refractivity contribution >= 4 is 14.4 Å². The molecule has 0 aliphatic carbocycles. The molecule has 0 aromatic carbocycles. The van der Waals surface area contributed by atoms with Gasteiger partial charge in [0.05, 0.1) is 6.61 Å². The molecule has 0 aliphatic heterocycles. The maximum Gasteiger partial charge on any atom is 0.599 e. The normalized spacial score (nSPS) is 12.8. The van der Waals surface area contributed by atoms with Gasteiger partial charge >= 0.3 is 6.09 Å². The Bertz CT molecular complexity index is 519. The molecule has 1 aromatic heterocycles. The van der Waals surface area contributed by atoms with E-state index in [0.29, 0.717) is 6.61 Å².